The summed E-state index contributed by atoms with van der Waals surface area (Å²) in [6, 6.07) is 14.7. The topological polar surface area (TPSA) is 132 Å². The number of nitrogens with zero attached hydrogens (tertiary/aromatic N) is 2. The lowest BCUT2D eigenvalue weighted by Crippen LogP contribution is -2.60. The van der Waals surface area contributed by atoms with E-state index in [9.17, 15) is 23.1 Å². The first-order valence-electron chi connectivity index (χ1n) is 13.9. The number of sulfonamides is 1. The first kappa shape index (κ1) is 32.3. The van der Waals surface area contributed by atoms with E-state index in [1.807, 2.05) is 58.0 Å². The summed E-state index contributed by atoms with van der Waals surface area (Å²) in [5, 5.41) is 16.3. The van der Waals surface area contributed by atoms with E-state index in [1.165, 1.54) is 21.6 Å². The summed E-state index contributed by atoms with van der Waals surface area (Å²) in [7, 11) is -2.42. The maximum absolute atomic E-state index is 13.9. The second kappa shape index (κ2) is 14.6. The average Bonchev–Trinajstić information content (AvgIpc) is 3.38. The van der Waals surface area contributed by atoms with E-state index in [2.05, 4.69) is 10.7 Å². The number of nitrogens with one attached hydrogen (secondary N) is 2. The normalized spacial score (nSPS) is 13.6. The van der Waals surface area contributed by atoms with Crippen LogP contribution in [0.15, 0.2) is 70.2 Å². The van der Waals surface area contributed by atoms with E-state index in [-0.39, 0.29) is 55.1 Å². The van der Waals surface area contributed by atoms with Crippen LogP contribution in [0.25, 0.3) is 11.0 Å². The first-order valence-corrected chi connectivity index (χ1v) is 15.3. The molecule has 0 aliphatic carbocycles. The van der Waals surface area contributed by atoms with Crippen LogP contribution in [0, 0.1) is 11.8 Å². The Morgan fingerprint density at radius 3 is 2.32 bits per heavy atom. The minimum Gasteiger partial charge on any atom is -0.464 e. The van der Waals surface area contributed by atoms with Crippen molar-refractivity contribution in [3.05, 3.63) is 66.4 Å². The number of hydrogen-bond donors (Lipinski definition) is 3. The molecule has 0 bridgehead atoms. The number of benzene rings is 2. The third-order valence-corrected chi connectivity index (χ3v) is 8.35. The summed E-state index contributed by atoms with van der Waals surface area (Å²) in [5.74, 6) is -0.865. The predicted molar refractivity (Wildman–Crippen MR) is 158 cm³/mol. The van der Waals surface area contributed by atoms with Gasteiger partial charge in [-0.25, -0.2) is 13.4 Å². The molecule has 1 aromatic heterocycles. The quantitative estimate of drug-likeness (QED) is 0.247. The number of rotatable bonds is 14. The van der Waals surface area contributed by atoms with E-state index in [0.717, 1.165) is 5.56 Å². The number of carbonyl (C=O) groups excluding carboxylic acids is 2. The molecule has 2 aromatic carbocycles. The number of hydrogen-bond acceptors (Lipinski definition) is 7. The van der Waals surface area contributed by atoms with Crippen molar-refractivity contribution in [1.29, 1.82) is 0 Å². The van der Waals surface area contributed by atoms with Gasteiger partial charge in [-0.3, -0.25) is 15.0 Å². The molecule has 0 aliphatic rings. The molecule has 0 unspecified atom stereocenters. The molecule has 3 rings (SSSR count). The van der Waals surface area contributed by atoms with Gasteiger partial charge in [-0.15, -0.1) is 0 Å². The molecular weight excluding hydrogens is 544 g/mol. The summed E-state index contributed by atoms with van der Waals surface area (Å²) < 4.78 is 34.4. The number of carbonyl (C=O) groups is 2. The Morgan fingerprint density at radius 2 is 1.68 bits per heavy atom. The van der Waals surface area contributed by atoms with Gasteiger partial charge < -0.3 is 14.8 Å². The van der Waals surface area contributed by atoms with E-state index < -0.39 is 28.1 Å². The molecule has 2 atom stereocenters. The molecule has 224 valence electrons. The molecule has 3 aromatic rings. The van der Waals surface area contributed by atoms with Gasteiger partial charge in [-0.1, -0.05) is 58.0 Å². The zero-order valence-corrected chi connectivity index (χ0v) is 25.2. The molecule has 2 amide bonds. The number of aliphatic hydroxyl groups excluding tert-OH is 1. The molecule has 1 heterocycles. The Hall–Kier alpha value is -3.25. The summed E-state index contributed by atoms with van der Waals surface area (Å²) in [6.45, 7) is 7.40. The van der Waals surface area contributed by atoms with Gasteiger partial charge >= 0.3 is 0 Å². The Labute approximate surface area is 242 Å². The number of likely N-dealkylation sites (N-methyl/N-ethyl adjacent to an activating group) is 1. The summed E-state index contributed by atoms with van der Waals surface area (Å²) >= 11 is 0. The Kier molecular flexibility index (Phi) is 11.5. The van der Waals surface area contributed by atoms with Crippen molar-refractivity contribution in [2.45, 2.75) is 57.6 Å². The van der Waals surface area contributed by atoms with Crippen molar-refractivity contribution in [3.8, 4) is 0 Å². The third kappa shape index (κ3) is 8.87. The molecule has 10 nitrogen and oxygen atoms in total. The highest BCUT2D eigenvalue weighted by Gasteiger charge is 2.36. The highest BCUT2D eigenvalue weighted by molar-refractivity contribution is 7.89. The fraction of sp³-hybridized carbons (Fsp3) is 0.467. The second-order valence-electron chi connectivity index (χ2n) is 11.1. The number of amides is 2. The Balaban J connectivity index is 2.01. The van der Waals surface area contributed by atoms with Gasteiger partial charge in [0.2, 0.25) is 15.9 Å². The Bertz CT molecular complexity index is 1390. The van der Waals surface area contributed by atoms with Gasteiger partial charge in [0.25, 0.3) is 5.91 Å². The van der Waals surface area contributed by atoms with E-state index in [1.54, 1.807) is 25.2 Å². The molecule has 0 spiro atoms. The molecule has 3 N–H and O–H groups in total. The number of furan rings is 1. The van der Waals surface area contributed by atoms with Crippen LogP contribution in [0.4, 0.5) is 0 Å². The average molecular weight is 587 g/mol. The summed E-state index contributed by atoms with van der Waals surface area (Å²) in [6.07, 6.45) is 0.502. The minimum atomic E-state index is -4.03. The van der Waals surface area contributed by atoms with E-state index in [0.29, 0.717) is 11.0 Å². The van der Waals surface area contributed by atoms with Crippen LogP contribution in [-0.4, -0.2) is 73.5 Å². The molecular formula is C30H42N4O6S. The summed E-state index contributed by atoms with van der Waals surface area (Å²) in [4.78, 5) is 26.2. The van der Waals surface area contributed by atoms with Crippen molar-refractivity contribution in [3.63, 3.8) is 0 Å². The van der Waals surface area contributed by atoms with Gasteiger partial charge in [-0.2, -0.15) is 4.31 Å². The number of aliphatic hydroxyl groups is 1. The molecule has 11 heteroatoms. The maximum atomic E-state index is 13.9. The standard InChI is InChI=1S/C30H42N4O6S/c1-21(2)15-30(37)34(32-29(36)18-31-5)26(16-23-9-7-6-8-10-23)27(35)20-33(19-22(3)4)41(38,39)25-11-12-28-24(17-25)13-14-40-28/h6-14,17,21-22,26-27,31,35H,15-16,18-20H2,1-5H3,(H,32,36)/t26-,27+/m0/s1. The highest BCUT2D eigenvalue weighted by atomic mass is 32.2. The van der Waals surface area contributed by atoms with Crippen molar-refractivity contribution >= 4 is 32.8 Å². The lowest BCUT2D eigenvalue weighted by molar-refractivity contribution is -0.148. The predicted octanol–water partition coefficient (Wildman–Crippen LogP) is 3.18. The maximum Gasteiger partial charge on any atom is 0.252 e. The smallest absolute Gasteiger partial charge is 0.252 e. The van der Waals surface area contributed by atoms with Gasteiger partial charge in [0.05, 0.1) is 29.8 Å². The SMILES string of the molecule is CNCC(=O)NN(C(=O)CC(C)C)[C@@H](Cc1ccccc1)[C@H](O)CN(CC(C)C)S(=O)(=O)c1ccc2occc2c1. The molecule has 0 saturated carbocycles. The van der Waals surface area contributed by atoms with Crippen molar-refractivity contribution in [2.75, 3.05) is 26.7 Å². The molecule has 0 radical (unpaired) electrons. The van der Waals surface area contributed by atoms with E-state index in [4.69, 9.17) is 4.42 Å². The largest absolute Gasteiger partial charge is 0.464 e. The lowest BCUT2D eigenvalue weighted by Gasteiger charge is -2.37. The number of hydrazine groups is 1. The highest BCUT2D eigenvalue weighted by Crippen LogP contribution is 2.25. The zero-order chi connectivity index (χ0) is 30.2. The fourth-order valence-corrected chi connectivity index (χ4v) is 6.29. The van der Waals surface area contributed by atoms with Gasteiger partial charge in [-0.05, 0) is 55.1 Å². The zero-order valence-electron chi connectivity index (χ0n) is 24.4. The van der Waals surface area contributed by atoms with Gasteiger partial charge in [0.1, 0.15) is 5.58 Å². The monoisotopic (exact) mass is 586 g/mol. The molecule has 0 saturated heterocycles. The van der Waals surface area contributed by atoms with Crippen LogP contribution in [0.1, 0.15) is 39.7 Å². The van der Waals surface area contributed by atoms with Gasteiger partial charge in [0.15, 0.2) is 0 Å². The van der Waals surface area contributed by atoms with Crippen LogP contribution in [0.2, 0.25) is 0 Å². The molecule has 41 heavy (non-hydrogen) atoms. The second-order valence-corrected chi connectivity index (χ2v) is 13.0. The van der Waals surface area contributed by atoms with Crippen molar-refractivity contribution in [2.24, 2.45) is 11.8 Å². The number of fused-ring (bicyclic) bond motifs is 1. The van der Waals surface area contributed by atoms with Crippen LogP contribution < -0.4 is 10.7 Å². The molecule has 0 fully saturated rings. The van der Waals surface area contributed by atoms with Crippen LogP contribution in [0.5, 0.6) is 0 Å². The fourth-order valence-electron chi connectivity index (χ4n) is 4.63. The van der Waals surface area contributed by atoms with Crippen LogP contribution in [0.3, 0.4) is 0 Å². The van der Waals surface area contributed by atoms with Crippen molar-refractivity contribution < 1.29 is 27.5 Å². The lowest BCUT2D eigenvalue weighted by atomic mass is 9.99. The third-order valence-electron chi connectivity index (χ3n) is 6.52. The first-order chi connectivity index (χ1) is 19.4. The molecule has 0 aliphatic heterocycles. The van der Waals surface area contributed by atoms with Crippen LogP contribution in [-0.2, 0) is 26.0 Å². The van der Waals surface area contributed by atoms with Crippen molar-refractivity contribution in [1.82, 2.24) is 20.1 Å². The van der Waals surface area contributed by atoms with Gasteiger partial charge in [0, 0.05) is 24.9 Å². The Morgan fingerprint density at radius 1 is 0.976 bits per heavy atom. The van der Waals surface area contributed by atoms with Crippen LogP contribution >= 0.6 is 0 Å². The summed E-state index contributed by atoms with van der Waals surface area (Å²) in [5.41, 5.74) is 4.06. The van der Waals surface area contributed by atoms with E-state index >= 15 is 0 Å². The minimum absolute atomic E-state index is 0.00336.